The Morgan fingerprint density at radius 2 is 1.25 bits per heavy atom. The van der Waals surface area contributed by atoms with Crippen LogP contribution in [0.2, 0.25) is 4.44 Å². The van der Waals surface area contributed by atoms with E-state index < -0.39 is 21.1 Å². The van der Waals surface area contributed by atoms with E-state index >= 15 is 0 Å². The van der Waals surface area contributed by atoms with Crippen molar-refractivity contribution in [2.24, 2.45) is 0 Å². The van der Waals surface area contributed by atoms with Crippen molar-refractivity contribution in [2.75, 3.05) is 6.61 Å². The zero-order valence-electron chi connectivity index (χ0n) is 13.7. The Hall–Kier alpha value is 0.689. The normalized spacial score (nSPS) is 10.7. The number of unbranched alkanes of at least 4 members (excludes halogenated alkanes) is 10. The van der Waals surface area contributed by atoms with Crippen molar-refractivity contribution < 1.29 is 4.74 Å². The van der Waals surface area contributed by atoms with E-state index in [9.17, 15) is 0 Å². The van der Waals surface area contributed by atoms with Gasteiger partial charge in [0.2, 0.25) is 0 Å². The molecular weight excluding hydrogens is 371 g/mol. The summed E-state index contributed by atoms with van der Waals surface area (Å²) in [7, 11) is 0. The van der Waals surface area contributed by atoms with Crippen molar-refractivity contribution in [3.05, 3.63) is 0 Å². The zero-order valence-corrected chi connectivity index (χ0v) is 17.4. The van der Waals surface area contributed by atoms with Crippen molar-refractivity contribution >= 4 is 36.4 Å². The van der Waals surface area contributed by atoms with Crippen LogP contribution >= 0.6 is 12.2 Å². The van der Waals surface area contributed by atoms with Crippen LogP contribution in [0.4, 0.5) is 0 Å². The molecule has 0 aromatic carbocycles. The third-order valence-corrected chi connectivity index (χ3v) is 7.58. The molecule has 0 saturated carbocycles. The molecule has 3 heteroatoms. The first-order chi connectivity index (χ1) is 9.81. The maximum absolute atomic E-state index is 5.70. The van der Waals surface area contributed by atoms with E-state index in [0.717, 1.165) is 9.67 Å². The Kier molecular flexibility index (Phi) is 18.4. The topological polar surface area (TPSA) is 9.23 Å². The molecule has 1 nitrogen and oxygen atoms in total. The molecule has 0 aliphatic carbocycles. The number of ether oxygens (including phenoxy) is 1. The van der Waals surface area contributed by atoms with E-state index in [1.807, 2.05) is 0 Å². The molecule has 0 aliphatic heterocycles. The van der Waals surface area contributed by atoms with Gasteiger partial charge >= 0.3 is 143 Å². The van der Waals surface area contributed by atoms with Crippen molar-refractivity contribution in [3.63, 3.8) is 0 Å². The van der Waals surface area contributed by atoms with E-state index in [-0.39, 0.29) is 0 Å². The Bertz CT molecular complexity index is 189. The Labute approximate surface area is 142 Å². The van der Waals surface area contributed by atoms with Gasteiger partial charge in [0.1, 0.15) is 0 Å². The van der Waals surface area contributed by atoms with Gasteiger partial charge < -0.3 is 0 Å². The summed E-state index contributed by atoms with van der Waals surface area (Å²) in [6.07, 6.45) is 16.3. The number of hydrogen-bond donors (Lipinski definition) is 0. The molecule has 0 aromatic rings. The Balaban J connectivity index is 3.13. The van der Waals surface area contributed by atoms with Crippen LogP contribution in [0.5, 0.6) is 0 Å². The molecule has 0 saturated heterocycles. The standard InChI is InChI=1S/C9H17OS.C8H17.Sn/c1-2-3-4-5-6-7-8-10-9-11;1-3-5-7-8-6-4-2;/h2-8H2,1H3;1,3-8H2,2H3;. The minimum absolute atomic E-state index is 0.517. The average molecular weight is 405 g/mol. The molecule has 0 fully saturated rings. The minimum atomic E-state index is -0.517. The summed E-state index contributed by atoms with van der Waals surface area (Å²) in [6, 6.07) is 0. The van der Waals surface area contributed by atoms with Crippen LogP contribution in [0.3, 0.4) is 0 Å². The quantitative estimate of drug-likeness (QED) is 0.184. The Morgan fingerprint density at radius 1 is 0.750 bits per heavy atom. The number of rotatable bonds is 15. The molecule has 0 rings (SSSR count). The third-order valence-electron chi connectivity index (χ3n) is 3.53. The molecule has 0 amide bonds. The molecule has 0 spiro atoms. The number of thiocarbonyl (C=S) groups is 1. The molecular formula is C17H34OSSn. The van der Waals surface area contributed by atoms with E-state index in [4.69, 9.17) is 17.0 Å². The monoisotopic (exact) mass is 406 g/mol. The van der Waals surface area contributed by atoms with Gasteiger partial charge in [-0.25, -0.2) is 0 Å². The van der Waals surface area contributed by atoms with Gasteiger partial charge in [0.15, 0.2) is 0 Å². The van der Waals surface area contributed by atoms with Gasteiger partial charge in [0.05, 0.1) is 0 Å². The molecule has 0 atom stereocenters. The number of hydrogen-bond acceptors (Lipinski definition) is 2. The third kappa shape index (κ3) is 16.7. The molecule has 118 valence electrons. The van der Waals surface area contributed by atoms with Crippen LogP contribution in [0.15, 0.2) is 0 Å². The zero-order chi connectivity index (χ0) is 14.9. The van der Waals surface area contributed by atoms with Crippen LogP contribution in [0, 0.1) is 0 Å². The predicted octanol–water partition coefficient (Wildman–Crippen LogP) is 6.13. The molecule has 0 aromatic heterocycles. The molecule has 20 heavy (non-hydrogen) atoms. The van der Waals surface area contributed by atoms with E-state index in [2.05, 4.69) is 13.8 Å². The van der Waals surface area contributed by atoms with Gasteiger partial charge in [-0.2, -0.15) is 0 Å². The van der Waals surface area contributed by atoms with Crippen molar-refractivity contribution in [2.45, 2.75) is 95.3 Å². The summed E-state index contributed by atoms with van der Waals surface area (Å²) in [6.45, 7) is 5.41. The fourth-order valence-electron chi connectivity index (χ4n) is 2.19. The van der Waals surface area contributed by atoms with Crippen LogP contribution in [0.25, 0.3) is 0 Å². The summed E-state index contributed by atoms with van der Waals surface area (Å²) < 4.78 is 8.09. The first-order valence-corrected chi connectivity index (χ1v) is 12.6. The second kappa shape index (κ2) is 17.7. The summed E-state index contributed by atoms with van der Waals surface area (Å²) in [4.78, 5) is 0. The second-order valence-corrected chi connectivity index (χ2v) is 10.7. The summed E-state index contributed by atoms with van der Waals surface area (Å²) >= 11 is 4.83. The van der Waals surface area contributed by atoms with E-state index in [1.54, 1.807) is 0 Å². The molecule has 0 heterocycles. The predicted molar refractivity (Wildman–Crippen MR) is 95.9 cm³/mol. The van der Waals surface area contributed by atoms with Crippen LogP contribution < -0.4 is 0 Å². The average Bonchev–Trinajstić information content (AvgIpc) is 2.45. The van der Waals surface area contributed by atoms with Gasteiger partial charge in [0, 0.05) is 0 Å². The van der Waals surface area contributed by atoms with Gasteiger partial charge in [0.25, 0.3) is 0 Å². The van der Waals surface area contributed by atoms with Crippen LogP contribution in [-0.4, -0.2) is 30.8 Å². The van der Waals surface area contributed by atoms with Crippen molar-refractivity contribution in [3.8, 4) is 0 Å². The summed E-state index contributed by atoms with van der Waals surface area (Å²) in [5, 5.41) is 0. The summed E-state index contributed by atoms with van der Waals surface area (Å²) in [5.41, 5.74) is 0. The maximum atomic E-state index is 5.70. The Morgan fingerprint density at radius 3 is 1.85 bits per heavy atom. The van der Waals surface area contributed by atoms with E-state index in [1.165, 1.54) is 81.5 Å². The molecule has 2 radical (unpaired) electrons. The second-order valence-electron chi connectivity index (χ2n) is 5.60. The molecule has 0 aliphatic rings. The van der Waals surface area contributed by atoms with Crippen molar-refractivity contribution in [1.29, 1.82) is 0 Å². The first kappa shape index (κ1) is 20.7. The molecule has 0 bridgehead atoms. The first-order valence-electron chi connectivity index (χ1n) is 8.71. The van der Waals surface area contributed by atoms with Crippen LogP contribution in [-0.2, 0) is 4.74 Å². The van der Waals surface area contributed by atoms with Crippen molar-refractivity contribution in [1.82, 2.24) is 0 Å². The SMILES string of the molecule is CCCCCCCCO[C](=S)[Sn][CH2]CCCCCCC. The van der Waals surface area contributed by atoms with Crippen LogP contribution in [0.1, 0.15) is 90.9 Å². The van der Waals surface area contributed by atoms with Gasteiger partial charge in [-0.1, -0.05) is 0 Å². The molecule has 0 N–H and O–H groups in total. The van der Waals surface area contributed by atoms with Gasteiger partial charge in [-0.3, -0.25) is 0 Å². The van der Waals surface area contributed by atoms with Gasteiger partial charge in [-0.15, -0.1) is 0 Å². The summed E-state index contributed by atoms with van der Waals surface area (Å²) in [5.74, 6) is 0. The van der Waals surface area contributed by atoms with Gasteiger partial charge in [-0.05, 0) is 0 Å². The molecule has 0 unspecified atom stereocenters. The van der Waals surface area contributed by atoms with E-state index in [0.29, 0.717) is 0 Å². The fraction of sp³-hybridized carbons (Fsp3) is 0.941. The fourth-order valence-corrected chi connectivity index (χ4v) is 5.35.